The van der Waals surface area contributed by atoms with E-state index >= 15 is 0 Å². The molecular formula is C24H30N2O3. The Morgan fingerprint density at radius 3 is 2.38 bits per heavy atom. The smallest absolute Gasteiger partial charge is 0.238 e. The number of piperazine rings is 1. The summed E-state index contributed by atoms with van der Waals surface area (Å²) in [5, 5.41) is 0. The van der Waals surface area contributed by atoms with E-state index in [1.165, 1.54) is 0 Å². The van der Waals surface area contributed by atoms with Gasteiger partial charge in [-0.1, -0.05) is 30.3 Å². The molecule has 2 aliphatic heterocycles. The predicted molar refractivity (Wildman–Crippen MR) is 114 cm³/mol. The van der Waals surface area contributed by atoms with Gasteiger partial charge < -0.3 is 19.3 Å². The van der Waals surface area contributed by atoms with E-state index in [0.717, 1.165) is 48.8 Å². The Bertz CT molecular complexity index is 888. The highest BCUT2D eigenvalue weighted by Gasteiger charge is 2.53. The fourth-order valence-electron chi connectivity index (χ4n) is 4.70. The van der Waals surface area contributed by atoms with Gasteiger partial charge in [0.25, 0.3) is 0 Å². The van der Waals surface area contributed by atoms with Gasteiger partial charge in [-0.2, -0.15) is 0 Å². The minimum atomic E-state index is -0.803. The molecule has 2 aromatic rings. The summed E-state index contributed by atoms with van der Waals surface area (Å²) in [6, 6.07) is 16.0. The molecule has 2 heterocycles. The topological polar surface area (TPSA) is 42.0 Å². The molecule has 0 N–H and O–H groups in total. The molecule has 1 fully saturated rings. The molecule has 0 saturated carbocycles. The lowest BCUT2D eigenvalue weighted by atomic mass is 9.65. The molecule has 5 nitrogen and oxygen atoms in total. The Morgan fingerprint density at radius 2 is 1.72 bits per heavy atom. The fourth-order valence-corrected chi connectivity index (χ4v) is 4.70. The van der Waals surface area contributed by atoms with E-state index in [1.54, 1.807) is 7.11 Å². The van der Waals surface area contributed by atoms with Crippen molar-refractivity contribution in [2.24, 2.45) is 0 Å². The summed E-state index contributed by atoms with van der Waals surface area (Å²) in [7, 11) is 3.76. The SMILES string of the molecule is COc1ccc2c(c1)C(C(=O)N1CCN(C)CC1)(c1ccccc1)CC(C)(C)O2. The van der Waals surface area contributed by atoms with Crippen LogP contribution in [0.4, 0.5) is 0 Å². The van der Waals surface area contributed by atoms with Crippen molar-refractivity contribution in [3.63, 3.8) is 0 Å². The van der Waals surface area contributed by atoms with Crippen molar-refractivity contribution in [3.05, 3.63) is 59.7 Å². The van der Waals surface area contributed by atoms with Crippen molar-refractivity contribution >= 4 is 5.91 Å². The van der Waals surface area contributed by atoms with E-state index in [9.17, 15) is 4.79 Å². The van der Waals surface area contributed by atoms with Gasteiger partial charge in [0.1, 0.15) is 22.5 Å². The van der Waals surface area contributed by atoms with Crippen LogP contribution in [0.3, 0.4) is 0 Å². The molecule has 2 aromatic carbocycles. The van der Waals surface area contributed by atoms with Crippen molar-refractivity contribution in [3.8, 4) is 11.5 Å². The van der Waals surface area contributed by atoms with Crippen LogP contribution in [0.15, 0.2) is 48.5 Å². The van der Waals surface area contributed by atoms with Gasteiger partial charge in [-0.25, -0.2) is 0 Å². The number of likely N-dealkylation sites (N-methyl/N-ethyl adjacent to an activating group) is 1. The maximum absolute atomic E-state index is 14.2. The first-order chi connectivity index (χ1) is 13.9. The second-order valence-electron chi connectivity index (χ2n) is 8.77. The lowest BCUT2D eigenvalue weighted by Crippen LogP contribution is -2.58. The third-order valence-electron chi connectivity index (χ3n) is 6.15. The van der Waals surface area contributed by atoms with Crippen molar-refractivity contribution in [1.29, 1.82) is 0 Å². The van der Waals surface area contributed by atoms with Crippen LogP contribution in [0.1, 0.15) is 31.4 Å². The molecule has 4 rings (SSSR count). The lowest BCUT2D eigenvalue weighted by molar-refractivity contribution is -0.140. The average Bonchev–Trinajstić information content (AvgIpc) is 2.73. The number of carbonyl (C=O) groups excluding carboxylic acids is 1. The fraction of sp³-hybridized carbons (Fsp3) is 0.458. The van der Waals surface area contributed by atoms with Crippen LogP contribution in [0.5, 0.6) is 11.5 Å². The predicted octanol–water partition coefficient (Wildman–Crippen LogP) is 3.32. The third kappa shape index (κ3) is 3.48. The van der Waals surface area contributed by atoms with E-state index in [-0.39, 0.29) is 5.91 Å². The summed E-state index contributed by atoms with van der Waals surface area (Å²) in [4.78, 5) is 18.5. The highest BCUT2D eigenvalue weighted by atomic mass is 16.5. The van der Waals surface area contributed by atoms with Gasteiger partial charge >= 0.3 is 0 Å². The first kappa shape index (κ1) is 19.8. The molecular weight excluding hydrogens is 364 g/mol. The summed E-state index contributed by atoms with van der Waals surface area (Å²) >= 11 is 0. The summed E-state index contributed by atoms with van der Waals surface area (Å²) in [5.74, 6) is 1.65. The van der Waals surface area contributed by atoms with Crippen molar-refractivity contribution < 1.29 is 14.3 Å². The molecule has 1 saturated heterocycles. The summed E-state index contributed by atoms with van der Waals surface area (Å²) in [5.41, 5.74) is 0.628. The summed E-state index contributed by atoms with van der Waals surface area (Å²) < 4.78 is 11.8. The van der Waals surface area contributed by atoms with Crippen LogP contribution in [-0.2, 0) is 10.2 Å². The molecule has 1 amide bonds. The highest BCUT2D eigenvalue weighted by Crippen LogP contribution is 2.51. The summed E-state index contributed by atoms with van der Waals surface area (Å²) in [6.07, 6.45) is 0.579. The number of benzene rings is 2. The standard InChI is InChI=1S/C24H30N2O3/c1-23(2)17-24(18-8-6-5-7-9-18,22(27)26-14-12-25(3)13-15-26)20-16-19(28-4)10-11-21(20)29-23/h5-11,16H,12-15,17H2,1-4H3. The number of rotatable bonds is 3. The van der Waals surface area contributed by atoms with Gasteiger partial charge in [0.05, 0.1) is 7.11 Å². The van der Waals surface area contributed by atoms with E-state index in [4.69, 9.17) is 9.47 Å². The molecule has 5 heteroatoms. The van der Waals surface area contributed by atoms with Crippen molar-refractivity contribution in [2.45, 2.75) is 31.3 Å². The number of amides is 1. The second kappa shape index (κ2) is 7.38. The number of hydrogen-bond donors (Lipinski definition) is 0. The number of ether oxygens (including phenoxy) is 2. The molecule has 0 spiro atoms. The zero-order valence-electron chi connectivity index (χ0n) is 17.8. The minimum Gasteiger partial charge on any atom is -0.497 e. The van der Waals surface area contributed by atoms with Gasteiger partial charge in [0.15, 0.2) is 0 Å². The number of nitrogens with zero attached hydrogens (tertiary/aromatic N) is 2. The van der Waals surface area contributed by atoms with Gasteiger partial charge in [0, 0.05) is 38.2 Å². The largest absolute Gasteiger partial charge is 0.497 e. The first-order valence-corrected chi connectivity index (χ1v) is 10.3. The normalized spacial score (nSPS) is 23.8. The molecule has 0 bridgehead atoms. The highest BCUT2D eigenvalue weighted by molar-refractivity contribution is 5.94. The second-order valence-corrected chi connectivity index (χ2v) is 8.77. The van der Waals surface area contributed by atoms with E-state index in [2.05, 4.69) is 37.9 Å². The molecule has 29 heavy (non-hydrogen) atoms. The maximum atomic E-state index is 14.2. The van der Waals surface area contributed by atoms with Crippen LogP contribution in [-0.4, -0.2) is 61.6 Å². The first-order valence-electron chi connectivity index (χ1n) is 10.3. The monoisotopic (exact) mass is 394 g/mol. The van der Waals surface area contributed by atoms with Crippen molar-refractivity contribution in [1.82, 2.24) is 9.80 Å². The van der Waals surface area contributed by atoms with Gasteiger partial charge in [-0.3, -0.25) is 4.79 Å². The molecule has 2 aliphatic rings. The van der Waals surface area contributed by atoms with Crippen LogP contribution >= 0.6 is 0 Å². The number of carbonyl (C=O) groups is 1. The Morgan fingerprint density at radius 1 is 1.03 bits per heavy atom. The molecule has 1 atom stereocenters. The zero-order valence-corrected chi connectivity index (χ0v) is 17.8. The third-order valence-corrected chi connectivity index (χ3v) is 6.15. The van der Waals surface area contributed by atoms with Gasteiger partial charge in [0.2, 0.25) is 5.91 Å². The van der Waals surface area contributed by atoms with Crippen LogP contribution < -0.4 is 9.47 Å². The van der Waals surface area contributed by atoms with E-state index in [0.29, 0.717) is 6.42 Å². The minimum absolute atomic E-state index is 0.155. The summed E-state index contributed by atoms with van der Waals surface area (Å²) in [6.45, 7) is 7.39. The molecule has 0 aromatic heterocycles. The quantitative estimate of drug-likeness (QED) is 0.801. The van der Waals surface area contributed by atoms with Crippen molar-refractivity contribution in [2.75, 3.05) is 40.3 Å². The lowest BCUT2D eigenvalue weighted by Gasteiger charge is -2.48. The van der Waals surface area contributed by atoms with E-state index < -0.39 is 11.0 Å². The molecule has 1 unspecified atom stereocenters. The maximum Gasteiger partial charge on any atom is 0.238 e. The van der Waals surface area contributed by atoms with Gasteiger partial charge in [-0.15, -0.1) is 0 Å². The number of hydrogen-bond acceptors (Lipinski definition) is 4. The van der Waals surface area contributed by atoms with Crippen LogP contribution in [0.25, 0.3) is 0 Å². The Hall–Kier alpha value is -2.53. The molecule has 0 radical (unpaired) electrons. The zero-order chi connectivity index (χ0) is 20.6. The Balaban J connectivity index is 1.92. The average molecular weight is 395 g/mol. The van der Waals surface area contributed by atoms with Crippen LogP contribution in [0.2, 0.25) is 0 Å². The Labute approximate surface area is 173 Å². The Kier molecular flexibility index (Phi) is 5.03. The molecule has 154 valence electrons. The van der Waals surface area contributed by atoms with E-state index in [1.807, 2.05) is 41.3 Å². The molecule has 0 aliphatic carbocycles. The number of fused-ring (bicyclic) bond motifs is 1. The van der Waals surface area contributed by atoms with Crippen LogP contribution in [0, 0.1) is 0 Å². The van der Waals surface area contributed by atoms with Gasteiger partial charge in [-0.05, 0) is 44.7 Å². The number of methoxy groups -OCH3 is 1.